The lowest BCUT2D eigenvalue weighted by molar-refractivity contribution is 0.117. The molecule has 1 fully saturated rings. The van der Waals surface area contributed by atoms with Crippen molar-refractivity contribution in [3.63, 3.8) is 0 Å². The van der Waals surface area contributed by atoms with Crippen LogP contribution in [0.4, 0.5) is 0 Å². The number of nitrogens with zero attached hydrogens (tertiary/aromatic N) is 1. The third kappa shape index (κ3) is 6.45. The van der Waals surface area contributed by atoms with Crippen LogP contribution >= 0.6 is 0 Å². The van der Waals surface area contributed by atoms with Crippen LogP contribution in [0.3, 0.4) is 0 Å². The maximum absolute atomic E-state index is 5.48. The Labute approximate surface area is 103 Å². The zero-order valence-corrected chi connectivity index (χ0v) is 10.6. The predicted octanol–water partition coefficient (Wildman–Crippen LogP) is 0.000900. The number of hydrogen-bond donors (Lipinski definition) is 3. The molecular formula is C11H24N4O2. The Morgan fingerprint density at radius 1 is 1.59 bits per heavy atom. The van der Waals surface area contributed by atoms with Gasteiger partial charge in [-0.05, 0) is 26.2 Å². The lowest BCUT2D eigenvalue weighted by Crippen LogP contribution is -2.42. The molecule has 1 saturated heterocycles. The van der Waals surface area contributed by atoms with E-state index in [-0.39, 0.29) is 6.10 Å². The molecule has 0 spiro atoms. The van der Waals surface area contributed by atoms with Gasteiger partial charge in [0.15, 0.2) is 0 Å². The van der Waals surface area contributed by atoms with Gasteiger partial charge in [-0.1, -0.05) is 0 Å². The molecule has 4 N–H and O–H groups in total. The number of hydrazine groups is 1. The molecule has 0 saturated carbocycles. The number of guanidine groups is 1. The molecule has 0 amide bonds. The Balaban J connectivity index is 2.10. The molecule has 6 nitrogen and oxygen atoms in total. The Bertz CT molecular complexity index is 218. The second-order valence-electron chi connectivity index (χ2n) is 3.95. The standard InChI is InChI=1S/C11H24N4O2/c1-2-16-7-4-6-13-11(15-12)14-9-10-5-3-8-17-10/h10H,2-9,12H2,1H3,(H2,13,14,15). The highest BCUT2D eigenvalue weighted by Gasteiger charge is 2.14. The Hall–Kier alpha value is -0.850. The maximum Gasteiger partial charge on any atom is 0.205 e. The molecule has 6 heteroatoms. The van der Waals surface area contributed by atoms with Crippen LogP contribution in [0.25, 0.3) is 0 Å². The van der Waals surface area contributed by atoms with Crippen LogP contribution in [0.5, 0.6) is 0 Å². The molecule has 1 rings (SSSR count). The van der Waals surface area contributed by atoms with E-state index in [4.69, 9.17) is 15.3 Å². The average molecular weight is 244 g/mol. The smallest absolute Gasteiger partial charge is 0.205 e. The minimum atomic E-state index is 0.253. The van der Waals surface area contributed by atoms with Gasteiger partial charge in [0.05, 0.1) is 12.6 Å². The minimum absolute atomic E-state index is 0.253. The number of nitrogens with one attached hydrogen (secondary N) is 2. The van der Waals surface area contributed by atoms with E-state index >= 15 is 0 Å². The minimum Gasteiger partial charge on any atom is -0.382 e. The Morgan fingerprint density at radius 2 is 2.47 bits per heavy atom. The normalized spacial score (nSPS) is 20.6. The molecule has 1 atom stereocenters. The topological polar surface area (TPSA) is 80.9 Å². The van der Waals surface area contributed by atoms with Crippen LogP contribution in [-0.4, -0.2) is 45.0 Å². The number of hydrogen-bond acceptors (Lipinski definition) is 4. The SMILES string of the molecule is CCOCCCNC(=NCC1CCCO1)NN. The molecule has 1 heterocycles. The van der Waals surface area contributed by atoms with E-state index in [0.29, 0.717) is 12.5 Å². The lowest BCUT2D eigenvalue weighted by atomic mass is 10.2. The van der Waals surface area contributed by atoms with Crippen LogP contribution in [-0.2, 0) is 9.47 Å². The highest BCUT2D eigenvalue weighted by molar-refractivity contribution is 5.79. The van der Waals surface area contributed by atoms with Gasteiger partial charge in [-0.3, -0.25) is 5.43 Å². The van der Waals surface area contributed by atoms with Crippen molar-refractivity contribution < 1.29 is 9.47 Å². The lowest BCUT2D eigenvalue weighted by Gasteiger charge is -2.11. The fourth-order valence-corrected chi connectivity index (χ4v) is 1.66. The van der Waals surface area contributed by atoms with E-state index < -0.39 is 0 Å². The molecule has 0 aromatic heterocycles. The molecule has 17 heavy (non-hydrogen) atoms. The number of rotatable bonds is 7. The van der Waals surface area contributed by atoms with Crippen LogP contribution in [0, 0.1) is 0 Å². The van der Waals surface area contributed by atoms with Crippen molar-refractivity contribution in [3.8, 4) is 0 Å². The monoisotopic (exact) mass is 244 g/mol. The Morgan fingerprint density at radius 3 is 3.12 bits per heavy atom. The first kappa shape index (κ1) is 14.2. The van der Waals surface area contributed by atoms with Gasteiger partial charge in [0.2, 0.25) is 5.96 Å². The van der Waals surface area contributed by atoms with Gasteiger partial charge < -0.3 is 14.8 Å². The highest BCUT2D eigenvalue weighted by Crippen LogP contribution is 2.11. The van der Waals surface area contributed by atoms with E-state index in [0.717, 1.165) is 45.6 Å². The fraction of sp³-hybridized carbons (Fsp3) is 0.909. The number of ether oxygens (including phenoxy) is 2. The summed E-state index contributed by atoms with van der Waals surface area (Å²) in [5, 5.41) is 3.13. The molecule has 0 aromatic rings. The summed E-state index contributed by atoms with van der Waals surface area (Å²) in [4.78, 5) is 4.35. The summed E-state index contributed by atoms with van der Waals surface area (Å²) in [5.74, 6) is 6.01. The first-order chi connectivity index (χ1) is 8.36. The maximum atomic E-state index is 5.48. The van der Waals surface area contributed by atoms with Crippen molar-refractivity contribution in [1.29, 1.82) is 0 Å². The van der Waals surface area contributed by atoms with Crippen molar-refractivity contribution in [2.75, 3.05) is 32.9 Å². The third-order valence-corrected chi connectivity index (χ3v) is 2.58. The highest BCUT2D eigenvalue weighted by atomic mass is 16.5. The molecule has 0 aliphatic carbocycles. The third-order valence-electron chi connectivity index (χ3n) is 2.58. The van der Waals surface area contributed by atoms with Crippen LogP contribution in [0.15, 0.2) is 4.99 Å². The first-order valence-corrected chi connectivity index (χ1v) is 6.31. The zero-order chi connectivity index (χ0) is 12.3. The fourth-order valence-electron chi connectivity index (χ4n) is 1.66. The average Bonchev–Trinajstić information content (AvgIpc) is 2.86. The van der Waals surface area contributed by atoms with E-state index in [2.05, 4.69) is 15.7 Å². The van der Waals surface area contributed by atoms with Crippen LogP contribution < -0.4 is 16.6 Å². The summed E-state index contributed by atoms with van der Waals surface area (Å²) in [5.41, 5.74) is 2.56. The van der Waals surface area contributed by atoms with E-state index in [1.807, 2.05) is 6.92 Å². The van der Waals surface area contributed by atoms with Crippen molar-refractivity contribution in [3.05, 3.63) is 0 Å². The number of aliphatic imine (C=N–C) groups is 1. The zero-order valence-electron chi connectivity index (χ0n) is 10.6. The van der Waals surface area contributed by atoms with Gasteiger partial charge in [0.1, 0.15) is 0 Å². The molecule has 1 aliphatic rings. The van der Waals surface area contributed by atoms with Crippen LogP contribution in [0.2, 0.25) is 0 Å². The van der Waals surface area contributed by atoms with Gasteiger partial charge in [-0.2, -0.15) is 0 Å². The predicted molar refractivity (Wildman–Crippen MR) is 67.7 cm³/mol. The quantitative estimate of drug-likeness (QED) is 0.193. The summed E-state index contributed by atoms with van der Waals surface area (Å²) in [6.45, 7) is 5.82. The first-order valence-electron chi connectivity index (χ1n) is 6.31. The van der Waals surface area contributed by atoms with Gasteiger partial charge in [0.25, 0.3) is 0 Å². The van der Waals surface area contributed by atoms with Gasteiger partial charge in [-0.15, -0.1) is 0 Å². The van der Waals surface area contributed by atoms with Gasteiger partial charge in [0, 0.05) is 26.4 Å². The van der Waals surface area contributed by atoms with Crippen molar-refractivity contribution >= 4 is 5.96 Å². The molecule has 0 radical (unpaired) electrons. The van der Waals surface area contributed by atoms with E-state index in [9.17, 15) is 0 Å². The molecule has 1 aliphatic heterocycles. The van der Waals surface area contributed by atoms with Crippen LogP contribution in [0.1, 0.15) is 26.2 Å². The van der Waals surface area contributed by atoms with Crippen molar-refractivity contribution in [2.24, 2.45) is 10.8 Å². The molecule has 0 aromatic carbocycles. The van der Waals surface area contributed by atoms with Gasteiger partial charge >= 0.3 is 0 Å². The molecule has 100 valence electrons. The summed E-state index contributed by atoms with van der Waals surface area (Å²) < 4.78 is 10.7. The molecular weight excluding hydrogens is 220 g/mol. The Kier molecular flexibility index (Phi) is 7.70. The van der Waals surface area contributed by atoms with E-state index in [1.165, 1.54) is 0 Å². The summed E-state index contributed by atoms with van der Waals surface area (Å²) in [6.07, 6.45) is 3.41. The molecule has 1 unspecified atom stereocenters. The summed E-state index contributed by atoms with van der Waals surface area (Å²) in [6, 6.07) is 0. The largest absolute Gasteiger partial charge is 0.382 e. The summed E-state index contributed by atoms with van der Waals surface area (Å²) in [7, 11) is 0. The molecule has 0 bridgehead atoms. The number of nitrogens with two attached hydrogens (primary N) is 1. The second-order valence-corrected chi connectivity index (χ2v) is 3.95. The van der Waals surface area contributed by atoms with Crippen molar-refractivity contribution in [2.45, 2.75) is 32.3 Å². The second kappa shape index (κ2) is 9.21. The van der Waals surface area contributed by atoms with E-state index in [1.54, 1.807) is 0 Å². The van der Waals surface area contributed by atoms with Crippen molar-refractivity contribution in [1.82, 2.24) is 10.7 Å². The summed E-state index contributed by atoms with van der Waals surface area (Å²) >= 11 is 0. The van der Waals surface area contributed by atoms with Gasteiger partial charge in [-0.25, -0.2) is 10.8 Å².